The fourth-order valence-corrected chi connectivity index (χ4v) is 5.28. The fourth-order valence-electron chi connectivity index (χ4n) is 4.06. The van der Waals surface area contributed by atoms with Gasteiger partial charge in [-0.05, 0) is 48.0 Å². The number of carbonyl (C=O) groups is 1. The number of benzene rings is 2. The Balaban J connectivity index is 1.15. The Morgan fingerprint density at radius 3 is 2.46 bits per heavy atom. The minimum atomic E-state index is -0.145. The normalized spacial score (nSPS) is 13.6. The van der Waals surface area contributed by atoms with Gasteiger partial charge in [0.15, 0.2) is 5.16 Å². The van der Waals surface area contributed by atoms with Crippen LogP contribution in [0.15, 0.2) is 82.6 Å². The molecule has 0 radical (unpaired) electrons. The summed E-state index contributed by atoms with van der Waals surface area (Å²) in [6.07, 6.45) is 1.59. The lowest BCUT2D eigenvalue weighted by Crippen LogP contribution is -2.46. The second-order valence-corrected chi connectivity index (χ2v) is 10.3. The largest absolute Gasteiger partial charge is 0.467 e. The van der Waals surface area contributed by atoms with Gasteiger partial charge in [0, 0.05) is 54.3 Å². The van der Waals surface area contributed by atoms with Crippen LogP contribution in [0.4, 0.5) is 11.5 Å². The van der Waals surface area contributed by atoms with Crippen molar-refractivity contribution in [1.82, 2.24) is 15.3 Å². The molecule has 7 nitrogen and oxygen atoms in total. The zero-order chi connectivity index (χ0) is 25.6. The number of hydrogen-bond acceptors (Lipinski definition) is 7. The van der Waals surface area contributed by atoms with Gasteiger partial charge in [0.1, 0.15) is 16.7 Å². The first-order valence-electron chi connectivity index (χ1n) is 11.9. The number of nitrogens with one attached hydrogen (secondary N) is 1. The first kappa shape index (κ1) is 25.4. The van der Waals surface area contributed by atoms with E-state index in [2.05, 4.69) is 26.2 Å². The van der Waals surface area contributed by atoms with Crippen LogP contribution in [0.25, 0.3) is 0 Å². The topological polar surface area (TPSA) is 74.5 Å². The number of hydrogen-bond donors (Lipinski definition) is 1. The van der Waals surface area contributed by atoms with Crippen LogP contribution in [0.5, 0.6) is 0 Å². The van der Waals surface area contributed by atoms with Gasteiger partial charge >= 0.3 is 0 Å². The molecule has 1 saturated heterocycles. The molecular weight excluding hydrogens is 529 g/mol. The van der Waals surface area contributed by atoms with E-state index in [1.54, 1.807) is 12.3 Å². The quantitative estimate of drug-likeness (QED) is 0.165. The lowest BCUT2D eigenvalue weighted by Gasteiger charge is -2.36. The summed E-state index contributed by atoms with van der Waals surface area (Å²) in [5.41, 5.74) is 2.79. The smallest absolute Gasteiger partial charge is 0.251 e. The number of piperazine rings is 1. The number of anilines is 2. The molecule has 190 valence electrons. The maximum absolute atomic E-state index is 12.4. The number of amides is 1. The summed E-state index contributed by atoms with van der Waals surface area (Å²) in [6, 6.07) is 20.9. The van der Waals surface area contributed by atoms with E-state index >= 15 is 0 Å². The van der Waals surface area contributed by atoms with Crippen LogP contribution in [-0.4, -0.2) is 42.1 Å². The number of thioether (sulfide) groups is 1. The molecule has 2 aromatic carbocycles. The maximum Gasteiger partial charge on any atom is 0.251 e. The van der Waals surface area contributed by atoms with Crippen LogP contribution < -0.4 is 15.1 Å². The summed E-state index contributed by atoms with van der Waals surface area (Å²) in [5, 5.41) is 4.64. The number of halogens is 2. The summed E-state index contributed by atoms with van der Waals surface area (Å²) in [5.74, 6) is 2.06. The van der Waals surface area contributed by atoms with E-state index in [1.165, 1.54) is 11.8 Å². The van der Waals surface area contributed by atoms with Gasteiger partial charge < -0.3 is 19.5 Å². The fraction of sp³-hybridized carbons (Fsp3) is 0.222. The zero-order valence-electron chi connectivity index (χ0n) is 19.9. The molecule has 0 atom stereocenters. The number of rotatable bonds is 8. The second kappa shape index (κ2) is 11.9. The van der Waals surface area contributed by atoms with Gasteiger partial charge in [-0.3, -0.25) is 4.79 Å². The third-order valence-electron chi connectivity index (χ3n) is 6.03. The van der Waals surface area contributed by atoms with E-state index in [1.807, 2.05) is 54.6 Å². The molecule has 4 aromatic rings. The van der Waals surface area contributed by atoms with E-state index in [4.69, 9.17) is 32.6 Å². The minimum Gasteiger partial charge on any atom is -0.467 e. The highest BCUT2D eigenvalue weighted by Gasteiger charge is 2.20. The van der Waals surface area contributed by atoms with Crippen molar-refractivity contribution < 1.29 is 9.21 Å². The summed E-state index contributed by atoms with van der Waals surface area (Å²) in [4.78, 5) is 26.1. The van der Waals surface area contributed by atoms with Crippen molar-refractivity contribution in [2.75, 3.05) is 36.0 Å². The molecular formula is C27H25Cl2N5O2S. The molecule has 1 fully saturated rings. The van der Waals surface area contributed by atoms with Gasteiger partial charge in [0.05, 0.1) is 12.8 Å². The lowest BCUT2D eigenvalue weighted by molar-refractivity contribution is 0.0948. The standard InChI is InChI=1S/C27H25Cl2N5O2S/c28-21-3-1-4-22(15-21)33-10-12-34(13-11-33)25-16-24(29)31-27(32-25)37-18-19-6-8-20(9-7-19)26(35)30-17-23-5-2-14-36-23/h1-9,14-16H,10-13,17-18H2,(H,30,35). The molecule has 2 aromatic heterocycles. The molecule has 0 aliphatic carbocycles. The Labute approximate surface area is 229 Å². The van der Waals surface area contributed by atoms with Crippen LogP contribution in [-0.2, 0) is 12.3 Å². The zero-order valence-corrected chi connectivity index (χ0v) is 22.3. The van der Waals surface area contributed by atoms with Gasteiger partial charge in [-0.1, -0.05) is 53.2 Å². The van der Waals surface area contributed by atoms with Crippen LogP contribution >= 0.6 is 35.0 Å². The van der Waals surface area contributed by atoms with E-state index < -0.39 is 0 Å². The Kier molecular flexibility index (Phi) is 8.18. The highest BCUT2D eigenvalue weighted by Crippen LogP contribution is 2.27. The highest BCUT2D eigenvalue weighted by atomic mass is 35.5. The van der Waals surface area contributed by atoms with Gasteiger partial charge in [-0.2, -0.15) is 0 Å². The van der Waals surface area contributed by atoms with Gasteiger partial charge in [-0.15, -0.1) is 0 Å². The molecule has 0 saturated carbocycles. The molecule has 5 rings (SSSR count). The van der Waals surface area contributed by atoms with Crippen LogP contribution in [0, 0.1) is 0 Å². The molecule has 0 unspecified atom stereocenters. The third kappa shape index (κ3) is 6.77. The number of furan rings is 1. The summed E-state index contributed by atoms with van der Waals surface area (Å²) >= 11 is 14.0. The molecule has 37 heavy (non-hydrogen) atoms. The Bertz CT molecular complexity index is 1340. The van der Waals surface area contributed by atoms with Crippen molar-refractivity contribution in [2.45, 2.75) is 17.5 Å². The van der Waals surface area contributed by atoms with Gasteiger partial charge in [0.2, 0.25) is 0 Å². The summed E-state index contributed by atoms with van der Waals surface area (Å²) in [7, 11) is 0. The molecule has 0 spiro atoms. The summed E-state index contributed by atoms with van der Waals surface area (Å²) < 4.78 is 5.25. The Hall–Kier alpha value is -3.20. The number of aromatic nitrogens is 2. The van der Waals surface area contributed by atoms with Crippen molar-refractivity contribution in [2.24, 2.45) is 0 Å². The van der Waals surface area contributed by atoms with E-state index in [0.717, 1.165) is 48.3 Å². The highest BCUT2D eigenvalue weighted by molar-refractivity contribution is 7.98. The van der Waals surface area contributed by atoms with Crippen LogP contribution in [0.2, 0.25) is 10.2 Å². The van der Waals surface area contributed by atoms with Crippen molar-refractivity contribution in [1.29, 1.82) is 0 Å². The van der Waals surface area contributed by atoms with Crippen molar-refractivity contribution in [3.05, 3.63) is 100 Å². The predicted octanol–water partition coefficient (Wildman–Crippen LogP) is 5.93. The number of nitrogens with zero attached hydrogens (tertiary/aromatic N) is 4. The van der Waals surface area contributed by atoms with Crippen molar-refractivity contribution >= 4 is 52.4 Å². The summed E-state index contributed by atoms with van der Waals surface area (Å²) in [6.45, 7) is 3.74. The molecule has 10 heteroatoms. The van der Waals surface area contributed by atoms with E-state index in [-0.39, 0.29) is 5.91 Å². The Morgan fingerprint density at radius 1 is 0.946 bits per heavy atom. The molecule has 1 aliphatic rings. The van der Waals surface area contributed by atoms with Gasteiger partial charge in [0.25, 0.3) is 5.91 Å². The molecule has 0 bridgehead atoms. The molecule has 1 N–H and O–H groups in total. The van der Waals surface area contributed by atoms with Gasteiger partial charge in [-0.25, -0.2) is 9.97 Å². The van der Waals surface area contributed by atoms with Crippen molar-refractivity contribution in [3.8, 4) is 0 Å². The van der Waals surface area contributed by atoms with E-state index in [0.29, 0.717) is 33.9 Å². The first-order valence-corrected chi connectivity index (χ1v) is 13.6. The van der Waals surface area contributed by atoms with Crippen LogP contribution in [0.1, 0.15) is 21.7 Å². The average molecular weight is 555 g/mol. The number of carbonyl (C=O) groups excluding carboxylic acids is 1. The Morgan fingerprint density at radius 2 is 1.73 bits per heavy atom. The SMILES string of the molecule is O=C(NCc1ccco1)c1ccc(CSc2nc(Cl)cc(N3CCN(c4cccc(Cl)c4)CC3)n2)cc1. The average Bonchev–Trinajstić information content (AvgIpc) is 3.44. The minimum absolute atomic E-state index is 0.145. The molecule has 3 heterocycles. The maximum atomic E-state index is 12.4. The van der Waals surface area contributed by atoms with Crippen molar-refractivity contribution in [3.63, 3.8) is 0 Å². The van der Waals surface area contributed by atoms with E-state index in [9.17, 15) is 4.79 Å². The predicted molar refractivity (Wildman–Crippen MR) is 149 cm³/mol. The second-order valence-electron chi connectivity index (χ2n) is 8.53. The van der Waals surface area contributed by atoms with Crippen LogP contribution in [0.3, 0.4) is 0 Å². The molecule has 1 amide bonds. The molecule has 1 aliphatic heterocycles. The lowest BCUT2D eigenvalue weighted by atomic mass is 10.1. The monoisotopic (exact) mass is 553 g/mol. The first-order chi connectivity index (χ1) is 18.0. The third-order valence-corrected chi connectivity index (χ3v) is 7.37.